The quantitative estimate of drug-likeness (QED) is 0.555. The summed E-state index contributed by atoms with van der Waals surface area (Å²) in [4.78, 5) is 0. The molecule has 2 aromatic carbocycles. The summed E-state index contributed by atoms with van der Waals surface area (Å²) in [6.07, 6.45) is -11.0. The summed E-state index contributed by atoms with van der Waals surface area (Å²) in [6.45, 7) is 0. The number of nitrogen functional groups attached to an aromatic ring is 1. The fourth-order valence-corrected chi connectivity index (χ4v) is 1.87. The van der Waals surface area contributed by atoms with Crippen molar-refractivity contribution in [3.05, 3.63) is 52.8 Å². The minimum atomic E-state index is -5.58. The van der Waals surface area contributed by atoms with Crippen LogP contribution in [-0.2, 0) is 12.4 Å². The lowest BCUT2D eigenvalue weighted by atomic mass is 10.1. The number of alkyl halides is 6. The second-order valence-corrected chi connectivity index (χ2v) is 4.67. The van der Waals surface area contributed by atoms with Gasteiger partial charge in [-0.05, 0) is 24.3 Å². The summed E-state index contributed by atoms with van der Waals surface area (Å²) in [7, 11) is 0. The smallest absolute Gasteiger partial charge is 0.422 e. The molecule has 0 amide bonds. The normalized spacial score (nSPS) is 12.4. The van der Waals surface area contributed by atoms with Crippen LogP contribution in [0, 0.1) is 17.5 Å². The Hall–Kier alpha value is -2.59. The highest BCUT2D eigenvalue weighted by molar-refractivity contribution is 5.50. The molecule has 0 unspecified atom stereocenters. The Bertz CT molecular complexity index is 811. The monoisotopic (exact) mass is 375 g/mol. The Kier molecular flexibility index (Phi) is 4.53. The van der Waals surface area contributed by atoms with Crippen LogP contribution in [0.1, 0.15) is 11.1 Å². The van der Waals surface area contributed by atoms with Gasteiger partial charge in [0.05, 0.1) is 5.56 Å². The zero-order chi connectivity index (χ0) is 19.2. The number of ether oxygens (including phenoxy) is 1. The zero-order valence-corrected chi connectivity index (χ0v) is 11.7. The summed E-state index contributed by atoms with van der Waals surface area (Å²) >= 11 is 0. The summed E-state index contributed by atoms with van der Waals surface area (Å²) in [5.41, 5.74) is -0.648. The lowest BCUT2D eigenvalue weighted by Gasteiger charge is -2.18. The van der Waals surface area contributed by atoms with Crippen LogP contribution in [0.3, 0.4) is 0 Å². The van der Waals surface area contributed by atoms with Crippen LogP contribution in [0.25, 0.3) is 0 Å². The fourth-order valence-electron chi connectivity index (χ4n) is 1.87. The third-order valence-corrected chi connectivity index (χ3v) is 3.00. The second kappa shape index (κ2) is 6.05. The van der Waals surface area contributed by atoms with Crippen molar-refractivity contribution in [2.45, 2.75) is 12.4 Å². The Balaban J connectivity index is 2.63. The Labute approximate surface area is 133 Å². The highest BCUT2D eigenvalue weighted by atomic mass is 19.4. The molecular weight excluding hydrogens is 369 g/mol. The molecule has 0 aliphatic rings. The average molecular weight is 375 g/mol. The van der Waals surface area contributed by atoms with Gasteiger partial charge in [-0.3, -0.25) is 0 Å². The number of anilines is 1. The topological polar surface area (TPSA) is 35.2 Å². The van der Waals surface area contributed by atoms with Crippen LogP contribution in [0.4, 0.5) is 45.2 Å². The Morgan fingerprint density at radius 1 is 0.720 bits per heavy atom. The molecule has 0 atom stereocenters. The van der Waals surface area contributed by atoms with Gasteiger partial charge >= 0.3 is 12.4 Å². The van der Waals surface area contributed by atoms with Crippen molar-refractivity contribution >= 4 is 5.69 Å². The number of hydrogen-bond donors (Lipinski definition) is 1. The molecule has 0 saturated heterocycles. The van der Waals surface area contributed by atoms with E-state index >= 15 is 0 Å². The van der Waals surface area contributed by atoms with E-state index in [9.17, 15) is 39.5 Å². The van der Waals surface area contributed by atoms with E-state index in [0.717, 1.165) is 0 Å². The van der Waals surface area contributed by atoms with Crippen LogP contribution in [-0.4, -0.2) is 0 Å². The van der Waals surface area contributed by atoms with Gasteiger partial charge in [-0.2, -0.15) is 26.3 Å². The van der Waals surface area contributed by atoms with Crippen LogP contribution >= 0.6 is 0 Å². The molecule has 2 aromatic rings. The first-order valence-corrected chi connectivity index (χ1v) is 6.22. The predicted octanol–water partition coefficient (Wildman–Crippen LogP) is 5.52. The highest BCUT2D eigenvalue weighted by Gasteiger charge is 2.44. The maximum atomic E-state index is 13.8. The summed E-state index contributed by atoms with van der Waals surface area (Å²) in [5.74, 6) is -7.92. The molecule has 136 valence electrons. The highest BCUT2D eigenvalue weighted by Crippen LogP contribution is 2.44. The second-order valence-electron chi connectivity index (χ2n) is 4.67. The zero-order valence-electron chi connectivity index (χ0n) is 11.7. The fraction of sp³-hybridized carbons (Fsp3) is 0.143. The molecule has 11 heteroatoms. The van der Waals surface area contributed by atoms with Crippen molar-refractivity contribution < 1.29 is 44.3 Å². The Morgan fingerprint density at radius 3 is 1.80 bits per heavy atom. The molecule has 2 rings (SSSR count). The number of halogens is 9. The first-order valence-electron chi connectivity index (χ1n) is 6.22. The standard InChI is InChI=1S/C14H6F9NO/c15-6-2-4-8(11(17)12(6)24)25-7-3-1-5(13(18,19)20)10(16)9(7)14(21,22)23/h1-4H,24H2. The third kappa shape index (κ3) is 3.59. The van der Waals surface area contributed by atoms with E-state index in [-0.39, 0.29) is 12.1 Å². The van der Waals surface area contributed by atoms with E-state index in [0.29, 0.717) is 12.1 Å². The maximum Gasteiger partial charge on any atom is 0.422 e. The number of hydrogen-bond acceptors (Lipinski definition) is 2. The molecule has 2 N–H and O–H groups in total. The van der Waals surface area contributed by atoms with Crippen molar-refractivity contribution in [2.24, 2.45) is 0 Å². The summed E-state index contributed by atoms with van der Waals surface area (Å²) in [6, 6.07) is 1.29. The summed E-state index contributed by atoms with van der Waals surface area (Å²) < 4.78 is 122. The van der Waals surface area contributed by atoms with Gasteiger partial charge in [0, 0.05) is 0 Å². The molecule has 0 heterocycles. The van der Waals surface area contributed by atoms with E-state index in [2.05, 4.69) is 4.74 Å². The van der Waals surface area contributed by atoms with E-state index in [1.54, 1.807) is 0 Å². The van der Waals surface area contributed by atoms with E-state index in [1.165, 1.54) is 0 Å². The molecule has 0 spiro atoms. The van der Waals surface area contributed by atoms with Crippen molar-refractivity contribution in [1.82, 2.24) is 0 Å². The first kappa shape index (κ1) is 18.7. The number of nitrogens with two attached hydrogens (primary N) is 1. The van der Waals surface area contributed by atoms with Gasteiger partial charge in [-0.1, -0.05) is 0 Å². The molecule has 0 fully saturated rings. The van der Waals surface area contributed by atoms with Gasteiger partial charge in [0.2, 0.25) is 0 Å². The van der Waals surface area contributed by atoms with Crippen LogP contribution in [0.5, 0.6) is 11.5 Å². The van der Waals surface area contributed by atoms with Crippen molar-refractivity contribution in [1.29, 1.82) is 0 Å². The van der Waals surface area contributed by atoms with Crippen molar-refractivity contribution in [3.8, 4) is 11.5 Å². The molecule has 2 nitrogen and oxygen atoms in total. The van der Waals surface area contributed by atoms with Gasteiger partial charge in [0.1, 0.15) is 22.8 Å². The lowest BCUT2D eigenvalue weighted by Crippen LogP contribution is -2.16. The predicted molar refractivity (Wildman–Crippen MR) is 67.2 cm³/mol. The largest absolute Gasteiger partial charge is 0.453 e. The van der Waals surface area contributed by atoms with Gasteiger partial charge in [-0.25, -0.2) is 13.2 Å². The van der Waals surface area contributed by atoms with Gasteiger partial charge in [0.25, 0.3) is 0 Å². The van der Waals surface area contributed by atoms with E-state index in [1.807, 2.05) is 0 Å². The first-order chi connectivity index (χ1) is 11.3. The van der Waals surface area contributed by atoms with Crippen LogP contribution in [0.15, 0.2) is 24.3 Å². The SMILES string of the molecule is Nc1c(F)ccc(Oc2ccc(C(F)(F)F)c(F)c2C(F)(F)F)c1F. The van der Waals surface area contributed by atoms with Gasteiger partial charge in [-0.15, -0.1) is 0 Å². The minimum Gasteiger partial charge on any atom is -0.453 e. The molecule has 0 radical (unpaired) electrons. The van der Waals surface area contributed by atoms with Gasteiger partial charge < -0.3 is 10.5 Å². The van der Waals surface area contributed by atoms with E-state index < -0.39 is 58.1 Å². The molecular formula is C14H6F9NO. The van der Waals surface area contributed by atoms with Gasteiger partial charge in [0.15, 0.2) is 17.4 Å². The molecule has 25 heavy (non-hydrogen) atoms. The van der Waals surface area contributed by atoms with E-state index in [4.69, 9.17) is 5.73 Å². The molecule has 0 aliphatic heterocycles. The summed E-state index contributed by atoms with van der Waals surface area (Å²) in [5, 5.41) is 0. The average Bonchev–Trinajstić information content (AvgIpc) is 2.45. The molecule has 0 aromatic heterocycles. The van der Waals surface area contributed by atoms with Crippen LogP contribution in [0.2, 0.25) is 0 Å². The minimum absolute atomic E-state index is 0.00465. The number of benzene rings is 2. The molecule has 0 aliphatic carbocycles. The number of rotatable bonds is 2. The Morgan fingerprint density at radius 2 is 1.28 bits per heavy atom. The lowest BCUT2D eigenvalue weighted by molar-refractivity contribution is -0.148. The molecule has 0 saturated carbocycles. The van der Waals surface area contributed by atoms with Crippen LogP contribution < -0.4 is 10.5 Å². The third-order valence-electron chi connectivity index (χ3n) is 3.00. The molecule has 0 bridgehead atoms. The van der Waals surface area contributed by atoms with Crippen molar-refractivity contribution in [2.75, 3.05) is 5.73 Å². The van der Waals surface area contributed by atoms with Crippen molar-refractivity contribution in [3.63, 3.8) is 0 Å². The maximum absolute atomic E-state index is 13.8.